The van der Waals surface area contributed by atoms with Crippen molar-refractivity contribution in [2.24, 2.45) is 0 Å². The van der Waals surface area contributed by atoms with Crippen LogP contribution in [0, 0.1) is 17.0 Å². The van der Waals surface area contributed by atoms with Crippen LogP contribution >= 0.6 is 0 Å². The summed E-state index contributed by atoms with van der Waals surface area (Å²) >= 11 is 0. The van der Waals surface area contributed by atoms with Crippen LogP contribution in [0.5, 0.6) is 0 Å². The summed E-state index contributed by atoms with van der Waals surface area (Å²) < 4.78 is 9.68. The van der Waals surface area contributed by atoms with E-state index in [0.29, 0.717) is 11.1 Å². The van der Waals surface area contributed by atoms with Crippen LogP contribution in [0.15, 0.2) is 22.7 Å². The number of aryl methyl sites for hydroxylation is 1. The minimum absolute atomic E-state index is 0.00104. The van der Waals surface area contributed by atoms with Gasteiger partial charge in [0.1, 0.15) is 0 Å². The molecule has 0 fully saturated rings. The Kier molecular flexibility index (Phi) is 3.74. The van der Waals surface area contributed by atoms with Crippen LogP contribution in [0.4, 0.5) is 5.69 Å². The maximum atomic E-state index is 11.4. The lowest BCUT2D eigenvalue weighted by Crippen LogP contribution is -2.06. The second-order valence-electron chi connectivity index (χ2n) is 3.90. The third-order valence-electron chi connectivity index (χ3n) is 2.52. The molecule has 0 radical (unpaired) electrons. The van der Waals surface area contributed by atoms with Crippen molar-refractivity contribution in [3.05, 3.63) is 39.7 Å². The number of carbonyl (C=O) groups excluding carboxylic acids is 1. The van der Waals surface area contributed by atoms with E-state index in [9.17, 15) is 14.9 Å². The highest BCUT2D eigenvalue weighted by Gasteiger charge is 2.18. The molecule has 8 heteroatoms. The molecule has 1 aromatic heterocycles. The van der Waals surface area contributed by atoms with Gasteiger partial charge in [-0.05, 0) is 31.1 Å². The predicted molar refractivity (Wildman–Crippen MR) is 67.1 cm³/mol. The van der Waals surface area contributed by atoms with Crippen molar-refractivity contribution in [1.82, 2.24) is 10.1 Å². The van der Waals surface area contributed by atoms with Gasteiger partial charge < -0.3 is 9.26 Å². The molecule has 0 saturated heterocycles. The predicted octanol–water partition coefficient (Wildman–Crippen LogP) is 2.13. The van der Waals surface area contributed by atoms with Gasteiger partial charge in [-0.25, -0.2) is 4.79 Å². The van der Waals surface area contributed by atoms with Crippen LogP contribution in [-0.2, 0) is 4.74 Å². The zero-order valence-electron chi connectivity index (χ0n) is 10.8. The maximum Gasteiger partial charge on any atom is 0.379 e. The maximum absolute atomic E-state index is 11.4. The number of nitrogens with zero attached hydrogens (tertiary/aromatic N) is 3. The summed E-state index contributed by atoms with van der Waals surface area (Å²) in [6.45, 7) is 3.47. The monoisotopic (exact) mass is 277 g/mol. The first-order valence-corrected chi connectivity index (χ1v) is 5.79. The molecule has 0 bridgehead atoms. The first kappa shape index (κ1) is 13.7. The third-order valence-corrected chi connectivity index (χ3v) is 2.52. The van der Waals surface area contributed by atoms with Gasteiger partial charge in [-0.1, -0.05) is 0 Å². The van der Waals surface area contributed by atoms with Crippen LogP contribution < -0.4 is 0 Å². The second-order valence-corrected chi connectivity index (χ2v) is 3.90. The molecule has 104 valence electrons. The first-order valence-electron chi connectivity index (χ1n) is 5.79. The van der Waals surface area contributed by atoms with E-state index < -0.39 is 10.9 Å². The second kappa shape index (κ2) is 5.47. The van der Waals surface area contributed by atoms with Crippen LogP contribution in [0.2, 0.25) is 0 Å². The fraction of sp³-hybridized carbons (Fsp3) is 0.250. The van der Waals surface area contributed by atoms with E-state index in [0.717, 1.165) is 0 Å². The number of rotatable bonds is 4. The fourth-order valence-corrected chi connectivity index (χ4v) is 1.61. The number of hydrogen-bond donors (Lipinski definition) is 0. The average molecular weight is 277 g/mol. The van der Waals surface area contributed by atoms with Gasteiger partial charge in [0, 0.05) is 17.2 Å². The Balaban J connectivity index is 2.31. The number of benzene rings is 1. The normalized spacial score (nSPS) is 10.3. The summed E-state index contributed by atoms with van der Waals surface area (Å²) in [5, 5.41) is 14.2. The highest BCUT2D eigenvalue weighted by Crippen LogP contribution is 2.24. The minimum Gasteiger partial charge on any atom is -0.460 e. The molecular formula is C12H11N3O5. The summed E-state index contributed by atoms with van der Waals surface area (Å²) in [6, 6.07) is 4.37. The number of nitro benzene ring substituents is 1. The molecule has 1 aromatic carbocycles. The Morgan fingerprint density at radius 3 is 2.85 bits per heavy atom. The molecular weight excluding hydrogens is 266 g/mol. The van der Waals surface area contributed by atoms with Crippen LogP contribution in [0.25, 0.3) is 11.5 Å². The van der Waals surface area contributed by atoms with Gasteiger partial charge >= 0.3 is 5.97 Å². The number of ether oxygens (including phenoxy) is 1. The largest absolute Gasteiger partial charge is 0.460 e. The topological polar surface area (TPSA) is 108 Å². The molecule has 0 atom stereocenters. The molecule has 8 nitrogen and oxygen atoms in total. The lowest BCUT2D eigenvalue weighted by Gasteiger charge is -1.98. The highest BCUT2D eigenvalue weighted by molar-refractivity contribution is 5.85. The standard InChI is InChI=1S/C12H11N3O5/c1-3-19-12(16)10-13-11(20-14-10)8-4-5-9(15(17)18)7(2)6-8/h4-6H,3H2,1-2H3. The third kappa shape index (κ3) is 2.63. The number of nitro groups is 1. The number of esters is 1. The quantitative estimate of drug-likeness (QED) is 0.478. The van der Waals surface area contributed by atoms with Crippen molar-refractivity contribution in [2.75, 3.05) is 6.61 Å². The van der Waals surface area contributed by atoms with Gasteiger partial charge in [0.25, 0.3) is 17.4 Å². The van der Waals surface area contributed by atoms with E-state index in [1.165, 1.54) is 12.1 Å². The van der Waals surface area contributed by atoms with Crippen LogP contribution in [0.1, 0.15) is 23.1 Å². The molecule has 0 amide bonds. The van der Waals surface area contributed by atoms with Crippen molar-refractivity contribution in [1.29, 1.82) is 0 Å². The molecule has 1 heterocycles. The number of hydrogen-bond acceptors (Lipinski definition) is 7. The lowest BCUT2D eigenvalue weighted by atomic mass is 10.1. The summed E-state index contributed by atoms with van der Waals surface area (Å²) in [5.41, 5.74) is 0.957. The van der Waals surface area contributed by atoms with Gasteiger partial charge in [-0.2, -0.15) is 4.98 Å². The molecule has 0 aliphatic rings. The molecule has 20 heavy (non-hydrogen) atoms. The Labute approximate surface area is 113 Å². The van der Waals surface area contributed by atoms with Crippen molar-refractivity contribution >= 4 is 11.7 Å². The zero-order valence-corrected chi connectivity index (χ0v) is 10.8. The van der Waals surface area contributed by atoms with Crippen molar-refractivity contribution in [3.8, 4) is 11.5 Å². The van der Waals surface area contributed by atoms with E-state index in [2.05, 4.69) is 10.1 Å². The van der Waals surface area contributed by atoms with Crippen LogP contribution in [-0.4, -0.2) is 27.6 Å². The van der Waals surface area contributed by atoms with E-state index >= 15 is 0 Å². The van der Waals surface area contributed by atoms with Gasteiger partial charge in [0.2, 0.25) is 0 Å². The Bertz CT molecular complexity index is 665. The van der Waals surface area contributed by atoms with Crippen molar-refractivity contribution in [3.63, 3.8) is 0 Å². The molecule has 0 unspecified atom stereocenters. The Morgan fingerprint density at radius 2 is 2.25 bits per heavy atom. The highest BCUT2D eigenvalue weighted by atomic mass is 16.6. The molecule has 0 saturated carbocycles. The first-order chi connectivity index (χ1) is 9.52. The smallest absolute Gasteiger partial charge is 0.379 e. The van der Waals surface area contributed by atoms with Gasteiger partial charge in [-0.15, -0.1) is 0 Å². The number of aromatic nitrogens is 2. The zero-order chi connectivity index (χ0) is 14.7. The van der Waals surface area contributed by atoms with Crippen LogP contribution in [0.3, 0.4) is 0 Å². The molecule has 2 rings (SSSR count). The molecule has 2 aromatic rings. The van der Waals surface area contributed by atoms with Crippen molar-refractivity contribution < 1.29 is 19.0 Å². The SMILES string of the molecule is CCOC(=O)c1noc(-c2ccc([N+](=O)[O-])c(C)c2)n1. The summed E-state index contributed by atoms with van der Waals surface area (Å²) in [7, 11) is 0. The van der Waals surface area contributed by atoms with E-state index in [4.69, 9.17) is 9.26 Å². The average Bonchev–Trinajstić information content (AvgIpc) is 2.88. The van der Waals surface area contributed by atoms with E-state index in [1.54, 1.807) is 19.9 Å². The fourth-order valence-electron chi connectivity index (χ4n) is 1.61. The van der Waals surface area contributed by atoms with Gasteiger partial charge in [-0.3, -0.25) is 10.1 Å². The number of carbonyl (C=O) groups is 1. The summed E-state index contributed by atoms with van der Waals surface area (Å²) in [5.74, 6) is -0.759. The molecule has 0 aliphatic heterocycles. The van der Waals surface area contributed by atoms with E-state index in [-0.39, 0.29) is 24.0 Å². The van der Waals surface area contributed by atoms with Gasteiger partial charge in [0.05, 0.1) is 11.5 Å². The van der Waals surface area contributed by atoms with Crippen molar-refractivity contribution in [2.45, 2.75) is 13.8 Å². The van der Waals surface area contributed by atoms with E-state index in [1.807, 2.05) is 0 Å². The summed E-state index contributed by atoms with van der Waals surface area (Å²) in [6.07, 6.45) is 0. The minimum atomic E-state index is -0.680. The van der Waals surface area contributed by atoms with Gasteiger partial charge in [0.15, 0.2) is 0 Å². The summed E-state index contributed by atoms with van der Waals surface area (Å²) in [4.78, 5) is 25.5. The lowest BCUT2D eigenvalue weighted by molar-refractivity contribution is -0.385. The molecule has 0 N–H and O–H groups in total. The Morgan fingerprint density at radius 1 is 1.50 bits per heavy atom. The molecule has 0 aliphatic carbocycles. The Hall–Kier alpha value is -2.77. The molecule has 0 spiro atoms.